The number of rotatable bonds is 6. The Morgan fingerprint density at radius 3 is 1.45 bits per heavy atom. The highest BCUT2D eigenvalue weighted by Gasteiger charge is 2.30. The van der Waals surface area contributed by atoms with Gasteiger partial charge in [-0.05, 0) is 75.6 Å². The van der Waals surface area contributed by atoms with Gasteiger partial charge < -0.3 is 19.3 Å². The molecule has 0 spiro atoms. The van der Waals surface area contributed by atoms with Crippen LogP contribution in [0.4, 0.5) is 0 Å². The van der Waals surface area contributed by atoms with E-state index in [4.69, 9.17) is 19.3 Å². The zero-order valence-electron chi connectivity index (χ0n) is 17.6. The van der Waals surface area contributed by atoms with Crippen LogP contribution in [0.15, 0.2) is 24.3 Å². The van der Waals surface area contributed by atoms with Crippen LogP contribution in [0, 0.1) is 11.8 Å². The minimum atomic E-state index is -0.802. The lowest BCUT2D eigenvalue weighted by Gasteiger charge is -2.26. The van der Waals surface area contributed by atoms with E-state index < -0.39 is 17.9 Å². The maximum absolute atomic E-state index is 12.4. The van der Waals surface area contributed by atoms with E-state index in [2.05, 4.69) is 0 Å². The van der Waals surface area contributed by atoms with Gasteiger partial charge >= 0.3 is 23.9 Å². The number of esters is 3. The molecule has 0 heterocycles. The Bertz CT molecular complexity index is 799. The summed E-state index contributed by atoms with van der Waals surface area (Å²) >= 11 is 0. The molecule has 1 N–H and O–H groups in total. The molecule has 2 saturated carbocycles. The second kappa shape index (κ2) is 10.4. The van der Waals surface area contributed by atoms with Crippen LogP contribution in [0.2, 0.25) is 0 Å². The van der Waals surface area contributed by atoms with Crippen molar-refractivity contribution in [3.05, 3.63) is 35.4 Å². The van der Waals surface area contributed by atoms with Crippen LogP contribution in [0.5, 0.6) is 0 Å². The van der Waals surface area contributed by atoms with Gasteiger partial charge in [-0.25, -0.2) is 9.59 Å². The molecular formula is C23H28O8. The summed E-state index contributed by atoms with van der Waals surface area (Å²) in [7, 11) is 1.37. The Hall–Kier alpha value is -2.90. The smallest absolute Gasteiger partial charge is 0.338 e. The Morgan fingerprint density at radius 2 is 1.10 bits per heavy atom. The van der Waals surface area contributed by atoms with Gasteiger partial charge in [-0.3, -0.25) is 9.59 Å². The van der Waals surface area contributed by atoms with Crippen LogP contribution >= 0.6 is 0 Å². The van der Waals surface area contributed by atoms with Crippen LogP contribution in [-0.2, 0) is 23.8 Å². The van der Waals surface area contributed by atoms with Crippen molar-refractivity contribution in [1.29, 1.82) is 0 Å². The van der Waals surface area contributed by atoms with Crippen molar-refractivity contribution < 1.29 is 38.5 Å². The van der Waals surface area contributed by atoms with E-state index in [-0.39, 0.29) is 30.0 Å². The van der Waals surface area contributed by atoms with Crippen molar-refractivity contribution in [2.24, 2.45) is 11.8 Å². The average molecular weight is 432 g/mol. The molecule has 0 bridgehead atoms. The minimum Gasteiger partial charge on any atom is -0.481 e. The highest BCUT2D eigenvalue weighted by molar-refractivity contribution is 5.93. The monoisotopic (exact) mass is 432 g/mol. The first kappa shape index (κ1) is 22.8. The summed E-state index contributed by atoms with van der Waals surface area (Å²) in [5, 5.41) is 9.04. The fourth-order valence-electron chi connectivity index (χ4n) is 4.19. The van der Waals surface area contributed by atoms with E-state index in [9.17, 15) is 19.2 Å². The summed E-state index contributed by atoms with van der Waals surface area (Å²) in [6.07, 6.45) is 4.02. The van der Waals surface area contributed by atoms with Gasteiger partial charge in [-0.15, -0.1) is 0 Å². The Morgan fingerprint density at radius 1 is 0.710 bits per heavy atom. The van der Waals surface area contributed by atoms with Crippen molar-refractivity contribution in [3.8, 4) is 0 Å². The molecule has 1 aromatic rings. The van der Waals surface area contributed by atoms with E-state index >= 15 is 0 Å². The maximum Gasteiger partial charge on any atom is 0.338 e. The van der Waals surface area contributed by atoms with E-state index in [0.717, 1.165) is 0 Å². The van der Waals surface area contributed by atoms with Crippen LogP contribution in [0.25, 0.3) is 0 Å². The summed E-state index contributed by atoms with van der Waals surface area (Å²) in [4.78, 5) is 47.3. The quantitative estimate of drug-likeness (QED) is 0.537. The lowest BCUT2D eigenvalue weighted by Crippen LogP contribution is -2.28. The van der Waals surface area contributed by atoms with Crippen molar-refractivity contribution in [2.75, 3.05) is 7.11 Å². The van der Waals surface area contributed by atoms with Gasteiger partial charge in [-0.1, -0.05) is 0 Å². The largest absolute Gasteiger partial charge is 0.481 e. The Kier molecular flexibility index (Phi) is 7.65. The van der Waals surface area contributed by atoms with Crippen LogP contribution in [0.3, 0.4) is 0 Å². The van der Waals surface area contributed by atoms with Gasteiger partial charge in [0, 0.05) is 0 Å². The lowest BCUT2D eigenvalue weighted by molar-refractivity contribution is -0.147. The molecule has 8 heteroatoms. The molecule has 8 nitrogen and oxygen atoms in total. The summed E-state index contributed by atoms with van der Waals surface area (Å²) in [5.74, 6) is -2.47. The van der Waals surface area contributed by atoms with E-state index in [1.54, 1.807) is 0 Å². The number of carboxylic acid groups (broad SMARTS) is 1. The first-order chi connectivity index (χ1) is 14.9. The highest BCUT2D eigenvalue weighted by atomic mass is 16.5. The van der Waals surface area contributed by atoms with Crippen molar-refractivity contribution in [3.63, 3.8) is 0 Å². The summed E-state index contributed by atoms with van der Waals surface area (Å²) in [6, 6.07) is 6.10. The fraction of sp³-hybridized carbons (Fsp3) is 0.565. The number of ether oxygens (including phenoxy) is 3. The number of aliphatic carboxylic acids is 1. The van der Waals surface area contributed by atoms with Crippen molar-refractivity contribution >= 4 is 23.9 Å². The molecule has 1 aromatic carbocycles. The number of methoxy groups -OCH3 is 1. The normalized spacial score (nSPS) is 25.8. The molecule has 0 saturated heterocycles. The topological polar surface area (TPSA) is 116 Å². The molecule has 0 amide bonds. The predicted molar refractivity (Wildman–Crippen MR) is 108 cm³/mol. The summed E-state index contributed by atoms with van der Waals surface area (Å²) in [6.45, 7) is 0. The minimum absolute atomic E-state index is 0.135. The molecule has 0 aromatic heterocycles. The lowest BCUT2D eigenvalue weighted by atomic mass is 9.87. The Balaban J connectivity index is 1.46. The van der Waals surface area contributed by atoms with Gasteiger partial charge in [0.15, 0.2) is 0 Å². The molecule has 2 fully saturated rings. The zero-order chi connectivity index (χ0) is 22.4. The first-order valence-corrected chi connectivity index (χ1v) is 10.7. The number of carbonyl (C=O) groups excluding carboxylic acids is 3. The van der Waals surface area contributed by atoms with Gasteiger partial charge in [-0.2, -0.15) is 0 Å². The number of carboxylic acids is 1. The summed E-state index contributed by atoms with van der Waals surface area (Å²) in [5.41, 5.74) is 0.670. The molecule has 0 aliphatic heterocycles. The predicted octanol–water partition coefficient (Wildman–Crippen LogP) is 3.38. The maximum atomic E-state index is 12.4. The standard InChI is InChI=1S/C23H28O8/c1-29-21(26)15-8-12-19(13-9-15)31-23(28)17-4-2-16(3-5-17)22(27)30-18-10-6-14(7-11-18)20(24)25/h2-5,14-15,18-19H,6-13H2,1H3,(H,24,25). The molecule has 0 unspecified atom stereocenters. The van der Waals surface area contributed by atoms with E-state index in [0.29, 0.717) is 62.5 Å². The molecule has 2 aliphatic rings. The molecule has 31 heavy (non-hydrogen) atoms. The molecule has 0 radical (unpaired) electrons. The number of hydrogen-bond donors (Lipinski definition) is 1. The molecule has 3 rings (SSSR count). The average Bonchev–Trinajstić information content (AvgIpc) is 2.79. The summed E-state index contributed by atoms with van der Waals surface area (Å²) < 4.78 is 15.8. The van der Waals surface area contributed by atoms with Gasteiger partial charge in [0.1, 0.15) is 12.2 Å². The number of hydrogen-bond acceptors (Lipinski definition) is 7. The van der Waals surface area contributed by atoms with Crippen molar-refractivity contribution in [1.82, 2.24) is 0 Å². The third kappa shape index (κ3) is 6.06. The van der Waals surface area contributed by atoms with Gasteiger partial charge in [0.05, 0.1) is 30.1 Å². The number of carbonyl (C=O) groups is 4. The molecule has 0 atom stereocenters. The SMILES string of the molecule is COC(=O)C1CCC(OC(=O)c2ccc(C(=O)OC3CCC(C(=O)O)CC3)cc2)CC1. The molecule has 2 aliphatic carbocycles. The first-order valence-electron chi connectivity index (χ1n) is 10.7. The second-order valence-electron chi connectivity index (χ2n) is 8.20. The fourth-order valence-corrected chi connectivity index (χ4v) is 4.19. The highest BCUT2D eigenvalue weighted by Crippen LogP contribution is 2.28. The Labute approximate surface area is 180 Å². The van der Waals surface area contributed by atoms with Gasteiger partial charge in [0.25, 0.3) is 0 Å². The van der Waals surface area contributed by atoms with E-state index in [1.807, 2.05) is 0 Å². The third-order valence-electron chi connectivity index (χ3n) is 6.14. The van der Waals surface area contributed by atoms with Crippen molar-refractivity contribution in [2.45, 2.75) is 63.6 Å². The molecule has 168 valence electrons. The van der Waals surface area contributed by atoms with E-state index in [1.165, 1.54) is 31.4 Å². The molecular weight excluding hydrogens is 404 g/mol. The van der Waals surface area contributed by atoms with Crippen LogP contribution in [0.1, 0.15) is 72.1 Å². The zero-order valence-corrected chi connectivity index (χ0v) is 17.6. The van der Waals surface area contributed by atoms with Crippen LogP contribution in [-0.4, -0.2) is 48.3 Å². The second-order valence-corrected chi connectivity index (χ2v) is 8.20. The number of benzene rings is 1. The third-order valence-corrected chi connectivity index (χ3v) is 6.14. The van der Waals surface area contributed by atoms with Crippen LogP contribution < -0.4 is 0 Å². The van der Waals surface area contributed by atoms with Gasteiger partial charge in [0.2, 0.25) is 0 Å².